The van der Waals surface area contributed by atoms with Crippen molar-refractivity contribution in [1.29, 1.82) is 0 Å². The van der Waals surface area contributed by atoms with Crippen molar-refractivity contribution in [3.63, 3.8) is 0 Å². The maximum Gasteiger partial charge on any atom is 0.265 e. The zero-order valence-corrected chi connectivity index (χ0v) is 12.8. The largest absolute Gasteiger partial charge is 0.382 e. The molecule has 2 fully saturated rings. The zero-order chi connectivity index (χ0) is 14.2. The van der Waals surface area contributed by atoms with Crippen molar-refractivity contribution in [2.24, 2.45) is 5.41 Å². The average Bonchev–Trinajstić information content (AvgIpc) is 2.87. The van der Waals surface area contributed by atoms with Gasteiger partial charge in [0.2, 0.25) is 0 Å². The number of hydrogen-bond acceptors (Lipinski definition) is 5. The molecule has 0 unspecified atom stereocenters. The van der Waals surface area contributed by atoms with Crippen LogP contribution in [0.2, 0.25) is 0 Å². The number of carbonyl (C=O) groups excluding carboxylic acids is 1. The van der Waals surface area contributed by atoms with E-state index in [1.807, 2.05) is 0 Å². The van der Waals surface area contributed by atoms with Crippen LogP contribution in [-0.2, 0) is 0 Å². The molecule has 110 valence electrons. The van der Waals surface area contributed by atoms with Crippen LogP contribution >= 0.6 is 11.3 Å². The van der Waals surface area contributed by atoms with Crippen LogP contribution < -0.4 is 16.0 Å². The third-order valence-electron chi connectivity index (χ3n) is 4.56. The van der Waals surface area contributed by atoms with Gasteiger partial charge >= 0.3 is 0 Å². The number of nitrogens with two attached hydrogens (primary N) is 1. The summed E-state index contributed by atoms with van der Waals surface area (Å²) >= 11 is 1.42. The Morgan fingerprint density at radius 3 is 2.75 bits per heavy atom. The summed E-state index contributed by atoms with van der Waals surface area (Å²) < 4.78 is 0. The highest BCUT2D eigenvalue weighted by Crippen LogP contribution is 2.47. The van der Waals surface area contributed by atoms with Gasteiger partial charge in [-0.1, -0.05) is 18.3 Å². The van der Waals surface area contributed by atoms with Crippen LogP contribution in [0.15, 0.2) is 0 Å². The standard InChI is InChI=1S/C14H22N4OS/c1-2-14(5-6-14)9-16-12(19)10-11(15)17-13(20-10)18-7-3-4-8-18/h2-9,15H2,1H3,(H,16,19). The lowest BCUT2D eigenvalue weighted by Crippen LogP contribution is -2.29. The Labute approximate surface area is 123 Å². The molecule has 6 heteroatoms. The van der Waals surface area contributed by atoms with Crippen LogP contribution in [0, 0.1) is 5.41 Å². The van der Waals surface area contributed by atoms with E-state index >= 15 is 0 Å². The van der Waals surface area contributed by atoms with Crippen LogP contribution in [0.5, 0.6) is 0 Å². The lowest BCUT2D eigenvalue weighted by molar-refractivity contribution is 0.0949. The highest BCUT2D eigenvalue weighted by atomic mass is 32.1. The maximum absolute atomic E-state index is 12.2. The highest BCUT2D eigenvalue weighted by Gasteiger charge is 2.40. The van der Waals surface area contributed by atoms with Gasteiger partial charge in [0.1, 0.15) is 10.7 Å². The Kier molecular flexibility index (Phi) is 3.58. The number of aromatic nitrogens is 1. The first-order valence-electron chi connectivity index (χ1n) is 7.43. The second-order valence-corrected chi connectivity index (χ2v) is 6.92. The Hall–Kier alpha value is -1.30. The van der Waals surface area contributed by atoms with Crippen LogP contribution in [0.3, 0.4) is 0 Å². The number of rotatable bonds is 5. The molecule has 1 saturated carbocycles. The fourth-order valence-corrected chi connectivity index (χ4v) is 3.66. The molecule has 0 spiro atoms. The van der Waals surface area contributed by atoms with Crippen molar-refractivity contribution in [2.75, 3.05) is 30.3 Å². The molecule has 2 aliphatic rings. The summed E-state index contributed by atoms with van der Waals surface area (Å²) in [7, 11) is 0. The van der Waals surface area contributed by atoms with E-state index < -0.39 is 0 Å². The van der Waals surface area contributed by atoms with Gasteiger partial charge in [-0.25, -0.2) is 4.98 Å². The minimum Gasteiger partial charge on any atom is -0.382 e. The summed E-state index contributed by atoms with van der Waals surface area (Å²) in [6.07, 6.45) is 5.96. The lowest BCUT2D eigenvalue weighted by atomic mass is 10.0. The van der Waals surface area contributed by atoms with Crippen molar-refractivity contribution in [2.45, 2.75) is 39.0 Å². The maximum atomic E-state index is 12.2. The van der Waals surface area contributed by atoms with E-state index in [-0.39, 0.29) is 5.91 Å². The molecule has 0 radical (unpaired) electrons. The van der Waals surface area contributed by atoms with E-state index in [1.165, 1.54) is 37.0 Å². The van der Waals surface area contributed by atoms with E-state index in [4.69, 9.17) is 5.73 Å². The van der Waals surface area contributed by atoms with E-state index in [0.717, 1.165) is 31.2 Å². The monoisotopic (exact) mass is 294 g/mol. The number of hydrogen-bond donors (Lipinski definition) is 2. The van der Waals surface area contributed by atoms with Crippen LogP contribution in [-0.4, -0.2) is 30.5 Å². The predicted octanol–water partition coefficient (Wildman–Crippen LogP) is 2.25. The van der Waals surface area contributed by atoms with Gasteiger partial charge in [-0.05, 0) is 37.5 Å². The van der Waals surface area contributed by atoms with Gasteiger partial charge < -0.3 is 16.0 Å². The summed E-state index contributed by atoms with van der Waals surface area (Å²) in [5.74, 6) is 0.306. The van der Waals surface area contributed by atoms with Crippen molar-refractivity contribution in [3.05, 3.63) is 4.88 Å². The zero-order valence-electron chi connectivity index (χ0n) is 11.9. The van der Waals surface area contributed by atoms with Gasteiger partial charge in [-0.3, -0.25) is 4.79 Å². The van der Waals surface area contributed by atoms with Crippen molar-refractivity contribution >= 4 is 28.2 Å². The Morgan fingerprint density at radius 2 is 2.15 bits per heavy atom. The first kappa shape index (κ1) is 13.7. The number of nitrogen functional groups attached to an aromatic ring is 1. The molecule has 1 saturated heterocycles. The molecule has 0 bridgehead atoms. The minimum atomic E-state index is -0.0647. The third kappa shape index (κ3) is 2.61. The number of nitrogens with zero attached hydrogens (tertiary/aromatic N) is 2. The predicted molar refractivity (Wildman–Crippen MR) is 82.3 cm³/mol. The third-order valence-corrected chi connectivity index (χ3v) is 5.69. The Morgan fingerprint density at radius 1 is 1.45 bits per heavy atom. The molecule has 3 rings (SSSR count). The summed E-state index contributed by atoms with van der Waals surface area (Å²) in [4.78, 5) is 19.4. The van der Waals surface area contributed by atoms with Gasteiger partial charge in [0, 0.05) is 19.6 Å². The number of anilines is 2. The highest BCUT2D eigenvalue weighted by molar-refractivity contribution is 7.18. The molecule has 3 N–H and O–H groups in total. The topological polar surface area (TPSA) is 71.2 Å². The van der Waals surface area contributed by atoms with Gasteiger partial charge in [0.15, 0.2) is 5.13 Å². The Bertz CT molecular complexity index is 503. The van der Waals surface area contributed by atoms with Crippen molar-refractivity contribution in [3.8, 4) is 0 Å². The number of carbonyl (C=O) groups is 1. The molecule has 1 aromatic rings. The van der Waals surface area contributed by atoms with Crippen molar-refractivity contribution < 1.29 is 4.79 Å². The van der Waals surface area contributed by atoms with E-state index in [1.54, 1.807) is 0 Å². The molecular weight excluding hydrogens is 272 g/mol. The van der Waals surface area contributed by atoms with E-state index in [2.05, 4.69) is 22.1 Å². The fraction of sp³-hybridized carbons (Fsp3) is 0.714. The quantitative estimate of drug-likeness (QED) is 0.873. The van der Waals surface area contributed by atoms with E-state index in [0.29, 0.717) is 16.1 Å². The van der Waals surface area contributed by atoms with E-state index in [9.17, 15) is 4.79 Å². The van der Waals surface area contributed by atoms with Crippen LogP contribution in [0.25, 0.3) is 0 Å². The first-order valence-corrected chi connectivity index (χ1v) is 8.25. The molecule has 1 aliphatic heterocycles. The summed E-state index contributed by atoms with van der Waals surface area (Å²) in [5.41, 5.74) is 6.26. The molecule has 1 aliphatic carbocycles. The minimum absolute atomic E-state index is 0.0647. The summed E-state index contributed by atoms with van der Waals surface area (Å²) in [6, 6.07) is 0. The van der Waals surface area contributed by atoms with Crippen molar-refractivity contribution in [1.82, 2.24) is 10.3 Å². The molecule has 1 aromatic heterocycles. The normalized spacial score (nSPS) is 20.1. The number of amides is 1. The average molecular weight is 294 g/mol. The fourth-order valence-electron chi connectivity index (χ4n) is 2.71. The van der Waals surface area contributed by atoms with Gasteiger partial charge in [-0.2, -0.15) is 0 Å². The van der Waals surface area contributed by atoms with Gasteiger partial charge in [-0.15, -0.1) is 0 Å². The van der Waals surface area contributed by atoms with Gasteiger partial charge in [0.05, 0.1) is 0 Å². The molecular formula is C14H22N4OS. The molecule has 2 heterocycles. The SMILES string of the molecule is CCC1(CNC(=O)c2sc(N3CCCC3)nc2N)CC1. The number of thiazole rings is 1. The molecule has 1 amide bonds. The Balaban J connectivity index is 1.65. The summed E-state index contributed by atoms with van der Waals surface area (Å²) in [5, 5.41) is 3.92. The second-order valence-electron chi connectivity index (χ2n) is 5.94. The number of nitrogens with one attached hydrogen (secondary N) is 1. The lowest BCUT2D eigenvalue weighted by Gasteiger charge is -2.13. The smallest absolute Gasteiger partial charge is 0.265 e. The van der Waals surface area contributed by atoms with Crippen LogP contribution in [0.4, 0.5) is 10.9 Å². The molecule has 0 atom stereocenters. The van der Waals surface area contributed by atoms with Gasteiger partial charge in [0.25, 0.3) is 5.91 Å². The second kappa shape index (κ2) is 5.24. The first-order chi connectivity index (χ1) is 9.63. The molecule has 0 aromatic carbocycles. The molecule has 5 nitrogen and oxygen atoms in total. The summed E-state index contributed by atoms with van der Waals surface area (Å²) in [6.45, 7) is 4.99. The molecule has 20 heavy (non-hydrogen) atoms. The van der Waals surface area contributed by atoms with Crippen LogP contribution in [0.1, 0.15) is 48.7 Å².